The molecule has 1 N–H and O–H groups in total. The quantitative estimate of drug-likeness (QED) is 0.575. The Labute approximate surface area is 140 Å². The number of benzene rings is 2. The fourth-order valence-corrected chi connectivity index (χ4v) is 2.13. The minimum Gasteiger partial charge on any atom is -0.403 e. The predicted molar refractivity (Wildman–Crippen MR) is 85.5 cm³/mol. The molecule has 0 aliphatic rings. The molecular formula is C16H11FN4O4. The number of hydrogen-bond donors (Lipinski definition) is 1. The third-order valence-corrected chi connectivity index (χ3v) is 3.39. The average Bonchev–Trinajstić information content (AvgIpc) is 3.03. The minimum absolute atomic E-state index is 0.0321. The number of nitro benzene ring substituents is 1. The van der Waals surface area contributed by atoms with Crippen LogP contribution in [0.15, 0.2) is 46.9 Å². The van der Waals surface area contributed by atoms with Crippen LogP contribution in [0.25, 0.3) is 11.5 Å². The highest BCUT2D eigenvalue weighted by Gasteiger charge is 2.17. The lowest BCUT2D eigenvalue weighted by Crippen LogP contribution is -2.12. The molecule has 1 aromatic heterocycles. The summed E-state index contributed by atoms with van der Waals surface area (Å²) >= 11 is 0. The molecule has 0 aliphatic carbocycles. The predicted octanol–water partition coefficient (Wildman–Crippen LogP) is 3.34. The van der Waals surface area contributed by atoms with Crippen molar-refractivity contribution in [1.29, 1.82) is 0 Å². The Kier molecular flexibility index (Phi) is 4.21. The Hall–Kier alpha value is -3.62. The van der Waals surface area contributed by atoms with Gasteiger partial charge in [-0.25, -0.2) is 4.39 Å². The second-order valence-electron chi connectivity index (χ2n) is 5.14. The van der Waals surface area contributed by atoms with Crippen LogP contribution in [-0.2, 0) is 0 Å². The number of nitrogens with one attached hydrogen (secondary N) is 1. The van der Waals surface area contributed by atoms with Crippen LogP contribution in [0, 0.1) is 22.9 Å². The molecule has 0 fully saturated rings. The number of halogens is 1. The number of hydrogen-bond acceptors (Lipinski definition) is 6. The molecule has 0 spiro atoms. The first kappa shape index (κ1) is 16.2. The van der Waals surface area contributed by atoms with Crippen LogP contribution < -0.4 is 5.32 Å². The number of carbonyl (C=O) groups excluding carboxylic acids is 1. The van der Waals surface area contributed by atoms with Gasteiger partial charge in [0.2, 0.25) is 5.89 Å². The van der Waals surface area contributed by atoms with Gasteiger partial charge in [0.05, 0.1) is 4.92 Å². The van der Waals surface area contributed by atoms with Crippen LogP contribution >= 0.6 is 0 Å². The summed E-state index contributed by atoms with van der Waals surface area (Å²) in [5.74, 6) is -1.07. The third kappa shape index (κ3) is 3.50. The van der Waals surface area contributed by atoms with Crippen LogP contribution in [0.3, 0.4) is 0 Å². The molecule has 0 aliphatic heterocycles. The average molecular weight is 342 g/mol. The van der Waals surface area contributed by atoms with Crippen LogP contribution in [0.2, 0.25) is 0 Å². The third-order valence-electron chi connectivity index (χ3n) is 3.39. The molecular weight excluding hydrogens is 331 g/mol. The molecule has 3 rings (SSSR count). The maximum absolute atomic E-state index is 13.2. The molecule has 3 aromatic rings. The van der Waals surface area contributed by atoms with E-state index in [0.717, 1.165) is 6.07 Å². The minimum atomic E-state index is -0.641. The van der Waals surface area contributed by atoms with Gasteiger partial charge in [0, 0.05) is 22.8 Å². The smallest absolute Gasteiger partial charge is 0.322 e. The summed E-state index contributed by atoms with van der Waals surface area (Å²) in [6, 6.07) is 9.42. The second-order valence-corrected chi connectivity index (χ2v) is 5.14. The Morgan fingerprint density at radius 2 is 2.04 bits per heavy atom. The number of aromatic nitrogens is 2. The van der Waals surface area contributed by atoms with Crippen molar-refractivity contribution in [2.24, 2.45) is 0 Å². The summed E-state index contributed by atoms with van der Waals surface area (Å²) < 4.78 is 18.5. The number of aryl methyl sites for hydroxylation is 1. The summed E-state index contributed by atoms with van der Waals surface area (Å²) in [5, 5.41) is 20.7. The molecule has 0 radical (unpaired) electrons. The summed E-state index contributed by atoms with van der Waals surface area (Å²) in [6.45, 7) is 1.57. The topological polar surface area (TPSA) is 111 Å². The van der Waals surface area contributed by atoms with Crippen molar-refractivity contribution >= 4 is 17.6 Å². The zero-order valence-electron chi connectivity index (χ0n) is 12.9. The number of anilines is 1. The molecule has 0 saturated heterocycles. The molecule has 25 heavy (non-hydrogen) atoms. The Balaban J connectivity index is 1.80. The monoisotopic (exact) mass is 342 g/mol. The van der Waals surface area contributed by atoms with E-state index in [1.54, 1.807) is 13.0 Å². The lowest BCUT2D eigenvalue weighted by Gasteiger charge is -2.02. The Bertz CT molecular complexity index is 970. The SMILES string of the molecule is Cc1ccc(C(=O)Nc2nnc(-c3cccc(F)c3)o2)cc1[N+](=O)[O-]. The molecule has 126 valence electrons. The molecule has 1 heterocycles. The summed E-state index contributed by atoms with van der Waals surface area (Å²) in [4.78, 5) is 22.6. The van der Waals surface area contributed by atoms with Crippen molar-refractivity contribution in [1.82, 2.24) is 10.2 Å². The maximum Gasteiger partial charge on any atom is 0.322 e. The van der Waals surface area contributed by atoms with Crippen molar-refractivity contribution in [3.8, 4) is 11.5 Å². The van der Waals surface area contributed by atoms with Gasteiger partial charge in [-0.15, -0.1) is 5.10 Å². The number of amides is 1. The van der Waals surface area contributed by atoms with Crippen LogP contribution in [-0.4, -0.2) is 21.0 Å². The molecule has 0 saturated carbocycles. The standard InChI is InChI=1S/C16H11FN4O4/c1-9-5-6-10(8-13(9)21(23)24)14(22)18-16-20-19-15(25-16)11-3-2-4-12(17)7-11/h2-8H,1H3,(H,18,20,22). The highest BCUT2D eigenvalue weighted by molar-refractivity contribution is 6.03. The van der Waals surface area contributed by atoms with E-state index >= 15 is 0 Å². The van der Waals surface area contributed by atoms with Gasteiger partial charge in [0.1, 0.15) is 5.82 Å². The van der Waals surface area contributed by atoms with Gasteiger partial charge in [0.25, 0.3) is 11.6 Å². The largest absolute Gasteiger partial charge is 0.403 e. The lowest BCUT2D eigenvalue weighted by atomic mass is 10.1. The van der Waals surface area contributed by atoms with E-state index in [1.807, 2.05) is 0 Å². The zero-order chi connectivity index (χ0) is 18.0. The van der Waals surface area contributed by atoms with Gasteiger partial charge < -0.3 is 4.42 Å². The first-order chi connectivity index (χ1) is 11.9. The fourth-order valence-electron chi connectivity index (χ4n) is 2.13. The summed E-state index contributed by atoms with van der Waals surface area (Å²) in [6.07, 6.45) is 0. The van der Waals surface area contributed by atoms with Gasteiger partial charge in [0.15, 0.2) is 0 Å². The number of carbonyl (C=O) groups is 1. The van der Waals surface area contributed by atoms with Gasteiger partial charge in [-0.1, -0.05) is 17.2 Å². The molecule has 8 nitrogen and oxygen atoms in total. The molecule has 9 heteroatoms. The zero-order valence-corrected chi connectivity index (χ0v) is 12.9. The summed E-state index contributed by atoms with van der Waals surface area (Å²) in [7, 11) is 0. The number of nitrogens with zero attached hydrogens (tertiary/aromatic N) is 3. The van der Waals surface area contributed by atoms with E-state index in [9.17, 15) is 19.3 Å². The maximum atomic E-state index is 13.2. The van der Waals surface area contributed by atoms with E-state index in [-0.39, 0.29) is 23.2 Å². The highest BCUT2D eigenvalue weighted by Crippen LogP contribution is 2.22. The molecule has 0 unspecified atom stereocenters. The van der Waals surface area contributed by atoms with Crippen molar-refractivity contribution in [2.45, 2.75) is 6.92 Å². The number of nitro groups is 1. The fraction of sp³-hybridized carbons (Fsp3) is 0.0625. The highest BCUT2D eigenvalue weighted by atomic mass is 19.1. The van der Waals surface area contributed by atoms with Crippen LogP contribution in [0.4, 0.5) is 16.1 Å². The normalized spacial score (nSPS) is 10.5. The molecule has 0 bridgehead atoms. The Morgan fingerprint density at radius 1 is 1.24 bits per heavy atom. The first-order valence-corrected chi connectivity index (χ1v) is 7.10. The van der Waals surface area contributed by atoms with E-state index in [2.05, 4.69) is 15.5 Å². The number of rotatable bonds is 4. The van der Waals surface area contributed by atoms with Gasteiger partial charge in [-0.3, -0.25) is 20.2 Å². The van der Waals surface area contributed by atoms with Crippen LogP contribution in [0.1, 0.15) is 15.9 Å². The van der Waals surface area contributed by atoms with Gasteiger partial charge in [-0.2, -0.15) is 0 Å². The second kappa shape index (κ2) is 6.48. The van der Waals surface area contributed by atoms with E-state index in [0.29, 0.717) is 11.1 Å². The molecule has 2 aromatic carbocycles. The van der Waals surface area contributed by atoms with E-state index < -0.39 is 16.6 Å². The van der Waals surface area contributed by atoms with Crippen molar-refractivity contribution in [3.05, 3.63) is 69.5 Å². The van der Waals surface area contributed by atoms with Crippen molar-refractivity contribution < 1.29 is 18.5 Å². The van der Waals surface area contributed by atoms with E-state index in [4.69, 9.17) is 4.42 Å². The summed E-state index contributed by atoms with van der Waals surface area (Å²) in [5.41, 5.74) is 0.702. The van der Waals surface area contributed by atoms with Crippen molar-refractivity contribution in [3.63, 3.8) is 0 Å². The van der Waals surface area contributed by atoms with Crippen molar-refractivity contribution in [2.75, 3.05) is 5.32 Å². The van der Waals surface area contributed by atoms with Crippen LogP contribution in [0.5, 0.6) is 0 Å². The Morgan fingerprint density at radius 3 is 2.76 bits per heavy atom. The molecule has 0 atom stereocenters. The van der Waals surface area contributed by atoms with E-state index in [1.165, 1.54) is 30.3 Å². The lowest BCUT2D eigenvalue weighted by molar-refractivity contribution is -0.385. The molecule has 1 amide bonds. The first-order valence-electron chi connectivity index (χ1n) is 7.10. The van der Waals surface area contributed by atoms with Gasteiger partial charge >= 0.3 is 6.01 Å². The van der Waals surface area contributed by atoms with Gasteiger partial charge in [-0.05, 0) is 31.2 Å².